The molecule has 0 saturated carbocycles. The first-order valence-electron chi connectivity index (χ1n) is 9.49. The highest BCUT2D eigenvalue weighted by Crippen LogP contribution is 2.07. The van der Waals surface area contributed by atoms with Crippen LogP contribution in [0.3, 0.4) is 0 Å². The van der Waals surface area contributed by atoms with E-state index in [0.29, 0.717) is 23.4 Å². The quantitative estimate of drug-likeness (QED) is 0.603. The van der Waals surface area contributed by atoms with Crippen molar-refractivity contribution < 1.29 is 18.8 Å². The minimum atomic E-state index is -0.283. The molecule has 1 heterocycles. The third-order valence-electron chi connectivity index (χ3n) is 4.43. The van der Waals surface area contributed by atoms with Gasteiger partial charge in [-0.15, -0.1) is 0 Å². The van der Waals surface area contributed by atoms with Crippen LogP contribution in [0.4, 0.5) is 0 Å². The molecule has 2 N–H and O–H groups in total. The molecule has 3 amide bonds. The number of nitrogens with one attached hydrogen (secondary N) is 2. The van der Waals surface area contributed by atoms with Crippen molar-refractivity contribution in [3.8, 4) is 0 Å². The summed E-state index contributed by atoms with van der Waals surface area (Å²) in [4.78, 5) is 38.2. The van der Waals surface area contributed by atoms with Gasteiger partial charge >= 0.3 is 0 Å². The van der Waals surface area contributed by atoms with Gasteiger partial charge in [0.05, 0.1) is 19.4 Å². The lowest BCUT2D eigenvalue weighted by atomic mass is 10.1. The molecule has 3 aromatic rings. The summed E-state index contributed by atoms with van der Waals surface area (Å²) in [6.45, 7) is 0.497. The summed E-state index contributed by atoms with van der Waals surface area (Å²) in [7, 11) is 1.58. The van der Waals surface area contributed by atoms with E-state index in [0.717, 1.165) is 5.56 Å². The van der Waals surface area contributed by atoms with Gasteiger partial charge in [-0.25, -0.2) is 0 Å². The monoisotopic (exact) mass is 405 g/mol. The van der Waals surface area contributed by atoms with Crippen LogP contribution in [0.15, 0.2) is 77.4 Å². The number of benzene rings is 2. The normalized spacial score (nSPS) is 10.3. The van der Waals surface area contributed by atoms with Crippen LogP contribution in [0.5, 0.6) is 0 Å². The Hall–Kier alpha value is -3.87. The zero-order chi connectivity index (χ0) is 21.3. The summed E-state index contributed by atoms with van der Waals surface area (Å²) in [5.74, 6) is -0.0656. The molecule has 2 aromatic carbocycles. The maximum absolute atomic E-state index is 12.3. The molecule has 7 nitrogen and oxygen atoms in total. The Morgan fingerprint density at radius 3 is 2.37 bits per heavy atom. The standard InChI is InChI=1S/C23H23N3O4/c1-26(23(29)18-8-3-2-4-9-18)16-21(27)24-14-17-7-5-10-19(13-17)22(28)25-15-20-11-6-12-30-20/h2-13H,14-16H2,1H3,(H,24,27)(H,25,28). The van der Waals surface area contributed by atoms with Crippen molar-refractivity contribution in [1.29, 1.82) is 0 Å². The molecular weight excluding hydrogens is 382 g/mol. The van der Waals surface area contributed by atoms with Gasteiger partial charge in [0.15, 0.2) is 0 Å². The third-order valence-corrected chi connectivity index (χ3v) is 4.43. The number of nitrogens with zero attached hydrogens (tertiary/aromatic N) is 1. The molecule has 154 valence electrons. The second-order valence-electron chi connectivity index (χ2n) is 6.77. The Balaban J connectivity index is 1.49. The minimum absolute atomic E-state index is 0.0585. The first-order chi connectivity index (χ1) is 14.5. The molecule has 0 fully saturated rings. The van der Waals surface area contributed by atoms with Gasteiger partial charge in [0, 0.05) is 24.7 Å². The first-order valence-corrected chi connectivity index (χ1v) is 9.49. The van der Waals surface area contributed by atoms with Crippen LogP contribution in [0.2, 0.25) is 0 Å². The minimum Gasteiger partial charge on any atom is -0.467 e. The summed E-state index contributed by atoms with van der Waals surface area (Å²) in [6, 6.07) is 19.3. The molecule has 7 heteroatoms. The van der Waals surface area contributed by atoms with Crippen LogP contribution in [0.25, 0.3) is 0 Å². The number of amides is 3. The average molecular weight is 405 g/mol. The van der Waals surface area contributed by atoms with Crippen LogP contribution in [0, 0.1) is 0 Å². The van der Waals surface area contributed by atoms with E-state index in [-0.39, 0.29) is 30.8 Å². The van der Waals surface area contributed by atoms with Crippen molar-refractivity contribution >= 4 is 17.7 Å². The second kappa shape index (κ2) is 10.1. The summed E-state index contributed by atoms with van der Waals surface area (Å²) in [6.07, 6.45) is 1.55. The number of hydrogen-bond acceptors (Lipinski definition) is 4. The largest absolute Gasteiger partial charge is 0.467 e. The fourth-order valence-corrected chi connectivity index (χ4v) is 2.85. The SMILES string of the molecule is CN(CC(=O)NCc1cccc(C(=O)NCc2ccco2)c1)C(=O)c1ccccc1. The van der Waals surface area contributed by atoms with Gasteiger partial charge in [0.25, 0.3) is 11.8 Å². The maximum Gasteiger partial charge on any atom is 0.254 e. The van der Waals surface area contributed by atoms with Gasteiger partial charge in [-0.2, -0.15) is 0 Å². The highest BCUT2D eigenvalue weighted by atomic mass is 16.3. The fourth-order valence-electron chi connectivity index (χ4n) is 2.85. The smallest absolute Gasteiger partial charge is 0.254 e. The van der Waals surface area contributed by atoms with Crippen LogP contribution < -0.4 is 10.6 Å². The van der Waals surface area contributed by atoms with Gasteiger partial charge in [-0.1, -0.05) is 30.3 Å². The van der Waals surface area contributed by atoms with Crippen molar-refractivity contribution in [2.45, 2.75) is 13.1 Å². The van der Waals surface area contributed by atoms with Crippen molar-refractivity contribution in [3.63, 3.8) is 0 Å². The number of carbonyl (C=O) groups is 3. The van der Waals surface area contributed by atoms with Gasteiger partial charge in [-0.3, -0.25) is 14.4 Å². The predicted octanol–water partition coefficient (Wildman–Crippen LogP) is 2.60. The molecule has 0 aliphatic rings. The molecule has 0 spiro atoms. The van der Waals surface area contributed by atoms with E-state index < -0.39 is 0 Å². The number of carbonyl (C=O) groups excluding carboxylic acids is 3. The molecule has 0 aliphatic heterocycles. The Morgan fingerprint density at radius 1 is 0.867 bits per heavy atom. The van der Waals surface area contributed by atoms with Crippen molar-refractivity contribution in [1.82, 2.24) is 15.5 Å². The van der Waals surface area contributed by atoms with E-state index in [9.17, 15) is 14.4 Å². The Bertz CT molecular complexity index is 1000. The van der Waals surface area contributed by atoms with E-state index in [2.05, 4.69) is 10.6 Å². The molecule has 3 rings (SSSR count). The zero-order valence-corrected chi connectivity index (χ0v) is 16.6. The van der Waals surface area contributed by atoms with Crippen molar-refractivity contribution in [2.75, 3.05) is 13.6 Å². The topological polar surface area (TPSA) is 91.7 Å². The van der Waals surface area contributed by atoms with Crippen LogP contribution in [0.1, 0.15) is 32.0 Å². The van der Waals surface area contributed by atoms with E-state index in [1.807, 2.05) is 12.1 Å². The fraction of sp³-hybridized carbons (Fsp3) is 0.174. The average Bonchev–Trinajstić information content (AvgIpc) is 3.30. The first kappa shape index (κ1) is 20.9. The lowest BCUT2D eigenvalue weighted by molar-refractivity contribution is -0.121. The summed E-state index contributed by atoms with van der Waals surface area (Å²) < 4.78 is 5.19. The van der Waals surface area contributed by atoms with E-state index >= 15 is 0 Å². The maximum atomic E-state index is 12.3. The molecule has 0 atom stereocenters. The van der Waals surface area contributed by atoms with Gasteiger partial charge in [-0.05, 0) is 42.0 Å². The van der Waals surface area contributed by atoms with Crippen LogP contribution in [-0.2, 0) is 17.9 Å². The zero-order valence-electron chi connectivity index (χ0n) is 16.6. The molecule has 0 saturated heterocycles. The van der Waals surface area contributed by atoms with Crippen molar-refractivity contribution in [2.24, 2.45) is 0 Å². The highest BCUT2D eigenvalue weighted by molar-refractivity contribution is 5.96. The van der Waals surface area contributed by atoms with Crippen molar-refractivity contribution in [3.05, 3.63) is 95.4 Å². The van der Waals surface area contributed by atoms with Gasteiger partial charge in [0.2, 0.25) is 5.91 Å². The number of likely N-dealkylation sites (N-methyl/N-ethyl adjacent to an activating group) is 1. The second-order valence-corrected chi connectivity index (χ2v) is 6.77. The van der Waals surface area contributed by atoms with Crippen LogP contribution >= 0.6 is 0 Å². The lowest BCUT2D eigenvalue weighted by Gasteiger charge is -2.17. The van der Waals surface area contributed by atoms with Gasteiger partial charge in [0.1, 0.15) is 5.76 Å². The molecule has 1 aromatic heterocycles. The Labute approximate surface area is 174 Å². The van der Waals surface area contributed by atoms with E-state index in [1.54, 1.807) is 67.9 Å². The van der Waals surface area contributed by atoms with Crippen LogP contribution in [-0.4, -0.2) is 36.2 Å². The Morgan fingerprint density at radius 2 is 1.63 bits per heavy atom. The van der Waals surface area contributed by atoms with Gasteiger partial charge < -0.3 is 20.0 Å². The molecule has 0 unspecified atom stereocenters. The summed E-state index contributed by atoms with van der Waals surface area (Å²) >= 11 is 0. The molecule has 0 bridgehead atoms. The van der Waals surface area contributed by atoms with E-state index in [4.69, 9.17) is 4.42 Å². The predicted molar refractivity (Wildman–Crippen MR) is 112 cm³/mol. The Kier molecular flexibility index (Phi) is 7.00. The molecule has 0 aliphatic carbocycles. The molecular formula is C23H23N3O4. The number of rotatable bonds is 8. The van der Waals surface area contributed by atoms with E-state index in [1.165, 1.54) is 4.90 Å². The summed E-state index contributed by atoms with van der Waals surface area (Å²) in [5.41, 5.74) is 1.80. The summed E-state index contributed by atoms with van der Waals surface area (Å²) in [5, 5.41) is 5.56. The molecule has 30 heavy (non-hydrogen) atoms. The third kappa shape index (κ3) is 5.81. The number of hydrogen-bond donors (Lipinski definition) is 2. The highest BCUT2D eigenvalue weighted by Gasteiger charge is 2.14. The number of furan rings is 1. The molecule has 0 radical (unpaired) electrons. The lowest BCUT2D eigenvalue weighted by Crippen LogP contribution is -2.38.